The Morgan fingerprint density at radius 2 is 2.32 bits per heavy atom. The number of piperidine rings is 1. The largest absolute Gasteiger partial charge is 0.351 e. The van der Waals surface area contributed by atoms with Gasteiger partial charge in [0.05, 0.1) is 0 Å². The van der Waals surface area contributed by atoms with E-state index >= 15 is 0 Å². The van der Waals surface area contributed by atoms with E-state index in [0.29, 0.717) is 0 Å². The molecule has 4 heteroatoms. The number of amides is 1. The van der Waals surface area contributed by atoms with Crippen LogP contribution in [0.1, 0.15) is 23.2 Å². The third kappa shape index (κ3) is 2.36. The molecule has 1 aromatic heterocycles. The zero-order valence-corrected chi connectivity index (χ0v) is 11.1. The molecule has 1 fully saturated rings. The van der Waals surface area contributed by atoms with Gasteiger partial charge in [-0.3, -0.25) is 4.79 Å². The highest BCUT2D eigenvalue weighted by Crippen LogP contribution is 2.19. The van der Waals surface area contributed by atoms with Gasteiger partial charge in [-0.25, -0.2) is 0 Å². The fourth-order valence-electron chi connectivity index (χ4n) is 2.74. The number of aromatic nitrogens is 1. The highest BCUT2D eigenvalue weighted by Gasteiger charge is 2.18. The molecule has 0 spiro atoms. The summed E-state index contributed by atoms with van der Waals surface area (Å²) >= 11 is 0. The quantitative estimate of drug-likeness (QED) is 0.859. The fourth-order valence-corrected chi connectivity index (χ4v) is 2.74. The lowest BCUT2D eigenvalue weighted by atomic mass is 10.1. The molecule has 1 amide bonds. The average Bonchev–Trinajstić information content (AvgIpc) is 2.82. The van der Waals surface area contributed by atoms with E-state index in [9.17, 15) is 4.79 Å². The van der Waals surface area contributed by atoms with Crippen molar-refractivity contribution in [3.8, 4) is 0 Å². The Kier molecular flexibility index (Phi) is 3.25. The topological polar surface area (TPSA) is 46.1 Å². The molecule has 3 rings (SSSR count). The summed E-state index contributed by atoms with van der Waals surface area (Å²) in [5, 5.41) is 7.46. The Morgan fingerprint density at radius 3 is 3.11 bits per heavy atom. The Hall–Kier alpha value is -1.81. The van der Waals surface area contributed by atoms with E-state index < -0.39 is 0 Å². The van der Waals surface area contributed by atoms with Crippen molar-refractivity contribution in [1.29, 1.82) is 0 Å². The van der Waals surface area contributed by atoms with Gasteiger partial charge >= 0.3 is 0 Å². The molecular formula is C15H19N3O. The van der Waals surface area contributed by atoms with Crippen molar-refractivity contribution in [3.63, 3.8) is 0 Å². The fraction of sp³-hybridized carbons (Fsp3) is 0.400. The molecule has 0 aliphatic carbocycles. The normalized spacial score (nSPS) is 19.5. The number of nitrogens with zero attached hydrogens (tertiary/aromatic N) is 1. The molecule has 1 unspecified atom stereocenters. The van der Waals surface area contributed by atoms with Gasteiger partial charge in [0, 0.05) is 42.3 Å². The summed E-state index contributed by atoms with van der Waals surface area (Å²) in [6.07, 6.45) is 4.17. The van der Waals surface area contributed by atoms with Crippen molar-refractivity contribution in [2.24, 2.45) is 7.05 Å². The van der Waals surface area contributed by atoms with Crippen LogP contribution in [0.25, 0.3) is 10.9 Å². The van der Waals surface area contributed by atoms with E-state index in [1.165, 1.54) is 0 Å². The molecule has 19 heavy (non-hydrogen) atoms. The second-order valence-corrected chi connectivity index (χ2v) is 5.18. The van der Waals surface area contributed by atoms with Crippen LogP contribution in [-0.2, 0) is 7.05 Å². The maximum Gasteiger partial charge on any atom is 0.252 e. The van der Waals surface area contributed by atoms with E-state index in [0.717, 1.165) is 42.4 Å². The van der Waals surface area contributed by atoms with Gasteiger partial charge < -0.3 is 15.2 Å². The minimum atomic E-state index is 0.0329. The highest BCUT2D eigenvalue weighted by atomic mass is 16.1. The summed E-state index contributed by atoms with van der Waals surface area (Å²) in [6.45, 7) is 1.93. The summed E-state index contributed by atoms with van der Waals surface area (Å²) in [7, 11) is 2.00. The molecule has 2 aromatic rings. The smallest absolute Gasteiger partial charge is 0.252 e. The molecule has 0 bridgehead atoms. The van der Waals surface area contributed by atoms with Crippen molar-refractivity contribution >= 4 is 16.8 Å². The second kappa shape index (κ2) is 5.05. The van der Waals surface area contributed by atoms with Crippen LogP contribution >= 0.6 is 0 Å². The Labute approximate surface area is 112 Å². The molecule has 1 aliphatic heterocycles. The Balaban J connectivity index is 1.84. The Morgan fingerprint density at radius 1 is 1.42 bits per heavy atom. The summed E-state index contributed by atoms with van der Waals surface area (Å²) in [4.78, 5) is 12.4. The Bertz CT molecular complexity index is 596. The first kappa shape index (κ1) is 12.2. The van der Waals surface area contributed by atoms with Crippen LogP contribution in [0.4, 0.5) is 0 Å². The zero-order valence-electron chi connectivity index (χ0n) is 11.1. The highest BCUT2D eigenvalue weighted by molar-refractivity contribution is 6.06. The van der Waals surface area contributed by atoms with Gasteiger partial charge in [0.25, 0.3) is 5.91 Å². The lowest BCUT2D eigenvalue weighted by molar-refractivity contribution is 0.0932. The van der Waals surface area contributed by atoms with Crippen molar-refractivity contribution in [3.05, 3.63) is 36.0 Å². The van der Waals surface area contributed by atoms with Gasteiger partial charge in [0.1, 0.15) is 0 Å². The predicted octanol–water partition coefficient (Wildman–Crippen LogP) is 1.66. The molecule has 1 atom stereocenters. The molecule has 2 N–H and O–H groups in total. The minimum absolute atomic E-state index is 0.0329. The van der Waals surface area contributed by atoms with Crippen LogP contribution in [0.3, 0.4) is 0 Å². The third-order valence-electron chi connectivity index (χ3n) is 3.80. The predicted molar refractivity (Wildman–Crippen MR) is 76.3 cm³/mol. The van der Waals surface area contributed by atoms with Crippen LogP contribution in [-0.4, -0.2) is 29.6 Å². The maximum absolute atomic E-state index is 12.4. The number of rotatable bonds is 2. The second-order valence-electron chi connectivity index (χ2n) is 5.18. The molecule has 4 nitrogen and oxygen atoms in total. The number of carbonyl (C=O) groups is 1. The van der Waals surface area contributed by atoms with Crippen molar-refractivity contribution in [2.45, 2.75) is 18.9 Å². The van der Waals surface area contributed by atoms with Gasteiger partial charge in [0.15, 0.2) is 0 Å². The first-order valence-electron chi connectivity index (χ1n) is 6.81. The summed E-state index contributed by atoms with van der Waals surface area (Å²) in [5.74, 6) is 0.0329. The number of benzene rings is 1. The first-order valence-corrected chi connectivity index (χ1v) is 6.81. The lowest BCUT2D eigenvalue weighted by Gasteiger charge is -2.23. The molecule has 0 saturated carbocycles. The standard InChI is InChI=1S/C15H19N3O/c1-18-9-7-12-13(5-2-6-14(12)18)15(19)17-11-4-3-8-16-10-11/h2,5-7,9,11,16H,3-4,8,10H2,1H3,(H,17,19). The molecule has 1 aromatic carbocycles. The van der Waals surface area contributed by atoms with Crippen molar-refractivity contribution in [2.75, 3.05) is 13.1 Å². The van der Waals surface area contributed by atoms with E-state index in [4.69, 9.17) is 0 Å². The SMILES string of the molecule is Cn1ccc2c(C(=O)NC3CCCNC3)cccc21. The van der Waals surface area contributed by atoms with Gasteiger partial charge in [-0.05, 0) is 37.6 Å². The molecular weight excluding hydrogens is 238 g/mol. The lowest BCUT2D eigenvalue weighted by Crippen LogP contribution is -2.45. The van der Waals surface area contributed by atoms with Crippen LogP contribution in [0.2, 0.25) is 0 Å². The third-order valence-corrected chi connectivity index (χ3v) is 3.80. The zero-order chi connectivity index (χ0) is 13.2. The van der Waals surface area contributed by atoms with Gasteiger partial charge in [-0.15, -0.1) is 0 Å². The maximum atomic E-state index is 12.4. The van der Waals surface area contributed by atoms with Crippen LogP contribution in [0.5, 0.6) is 0 Å². The molecule has 1 aliphatic rings. The molecule has 2 heterocycles. The minimum Gasteiger partial charge on any atom is -0.351 e. The summed E-state index contributed by atoms with van der Waals surface area (Å²) in [6, 6.07) is 8.13. The number of fused-ring (bicyclic) bond motifs is 1. The number of hydrogen-bond donors (Lipinski definition) is 2. The van der Waals surface area contributed by atoms with Gasteiger partial charge in [-0.1, -0.05) is 6.07 Å². The molecule has 100 valence electrons. The average molecular weight is 257 g/mol. The summed E-state index contributed by atoms with van der Waals surface area (Å²) in [5.41, 5.74) is 1.86. The first-order chi connectivity index (χ1) is 9.25. The monoisotopic (exact) mass is 257 g/mol. The molecule has 1 saturated heterocycles. The van der Waals surface area contributed by atoms with Crippen molar-refractivity contribution < 1.29 is 4.79 Å². The van der Waals surface area contributed by atoms with Crippen LogP contribution in [0, 0.1) is 0 Å². The van der Waals surface area contributed by atoms with Crippen LogP contribution in [0.15, 0.2) is 30.5 Å². The number of nitrogens with one attached hydrogen (secondary N) is 2. The van der Waals surface area contributed by atoms with Gasteiger partial charge in [0.2, 0.25) is 0 Å². The summed E-state index contributed by atoms with van der Waals surface area (Å²) < 4.78 is 2.04. The van der Waals surface area contributed by atoms with E-state index in [1.807, 2.05) is 42.1 Å². The van der Waals surface area contributed by atoms with Gasteiger partial charge in [-0.2, -0.15) is 0 Å². The van der Waals surface area contributed by atoms with E-state index in [-0.39, 0.29) is 11.9 Å². The molecule has 0 radical (unpaired) electrons. The number of carbonyl (C=O) groups excluding carboxylic acids is 1. The van der Waals surface area contributed by atoms with Crippen molar-refractivity contribution in [1.82, 2.24) is 15.2 Å². The van der Waals surface area contributed by atoms with E-state index in [2.05, 4.69) is 10.6 Å². The number of aryl methyl sites for hydroxylation is 1. The van der Waals surface area contributed by atoms with E-state index in [1.54, 1.807) is 0 Å². The van der Waals surface area contributed by atoms with Crippen LogP contribution < -0.4 is 10.6 Å². The number of hydrogen-bond acceptors (Lipinski definition) is 2.